The summed E-state index contributed by atoms with van der Waals surface area (Å²) in [6.07, 6.45) is 0. The quantitative estimate of drug-likeness (QED) is 0.673. The van der Waals surface area contributed by atoms with Crippen molar-refractivity contribution < 1.29 is 9.47 Å². The van der Waals surface area contributed by atoms with Crippen molar-refractivity contribution in [3.63, 3.8) is 0 Å². The van der Waals surface area contributed by atoms with E-state index in [1.807, 2.05) is 36.4 Å². The standard InChI is InChI=1S/C17H15N3O2S2/c1-11-4-2-3-5-13(11)18-16-19-20-17(24-16)23-9-12-6-7-14-15(8-12)22-10-21-14/h2-8H,9-10H2,1H3,(H,18,19). The third-order valence-corrected chi connectivity index (χ3v) is 5.64. The second kappa shape index (κ2) is 6.70. The van der Waals surface area contributed by atoms with Crippen LogP contribution >= 0.6 is 23.1 Å². The highest BCUT2D eigenvalue weighted by Gasteiger charge is 2.13. The van der Waals surface area contributed by atoms with E-state index in [2.05, 4.69) is 28.5 Å². The Labute approximate surface area is 148 Å². The van der Waals surface area contributed by atoms with Gasteiger partial charge in [0.25, 0.3) is 0 Å². The summed E-state index contributed by atoms with van der Waals surface area (Å²) < 4.78 is 11.7. The lowest BCUT2D eigenvalue weighted by Gasteiger charge is -2.04. The van der Waals surface area contributed by atoms with Gasteiger partial charge in [0.15, 0.2) is 15.8 Å². The SMILES string of the molecule is Cc1ccccc1Nc1nnc(SCc2ccc3c(c2)OCO3)s1. The van der Waals surface area contributed by atoms with Crippen LogP contribution in [0.4, 0.5) is 10.8 Å². The van der Waals surface area contributed by atoms with E-state index < -0.39 is 0 Å². The zero-order chi connectivity index (χ0) is 16.4. The first-order valence-electron chi connectivity index (χ1n) is 7.45. The minimum atomic E-state index is 0.302. The number of thioether (sulfide) groups is 1. The van der Waals surface area contributed by atoms with Gasteiger partial charge in [-0.15, -0.1) is 10.2 Å². The van der Waals surface area contributed by atoms with Gasteiger partial charge in [0, 0.05) is 11.4 Å². The van der Waals surface area contributed by atoms with E-state index in [1.54, 1.807) is 23.1 Å². The van der Waals surface area contributed by atoms with Crippen molar-refractivity contribution in [1.82, 2.24) is 10.2 Å². The Kier molecular flexibility index (Phi) is 4.27. The molecule has 0 unspecified atom stereocenters. The second-order valence-corrected chi connectivity index (χ2v) is 7.49. The molecule has 7 heteroatoms. The van der Waals surface area contributed by atoms with Gasteiger partial charge in [-0.2, -0.15) is 0 Å². The molecule has 24 heavy (non-hydrogen) atoms. The van der Waals surface area contributed by atoms with Gasteiger partial charge in [-0.25, -0.2) is 0 Å². The van der Waals surface area contributed by atoms with Crippen LogP contribution in [0.15, 0.2) is 46.8 Å². The van der Waals surface area contributed by atoms with Gasteiger partial charge in [0.1, 0.15) is 0 Å². The number of ether oxygens (including phenoxy) is 2. The van der Waals surface area contributed by atoms with Crippen LogP contribution in [0.5, 0.6) is 11.5 Å². The van der Waals surface area contributed by atoms with Crippen LogP contribution in [-0.4, -0.2) is 17.0 Å². The second-order valence-electron chi connectivity index (χ2n) is 5.29. The Morgan fingerprint density at radius 1 is 1.12 bits per heavy atom. The summed E-state index contributed by atoms with van der Waals surface area (Å²) in [5, 5.41) is 12.6. The summed E-state index contributed by atoms with van der Waals surface area (Å²) in [5.41, 5.74) is 3.41. The van der Waals surface area contributed by atoms with Gasteiger partial charge in [-0.1, -0.05) is 47.4 Å². The minimum absolute atomic E-state index is 0.302. The molecule has 1 N–H and O–H groups in total. The molecule has 5 nitrogen and oxygen atoms in total. The number of nitrogens with one attached hydrogen (secondary N) is 1. The summed E-state index contributed by atoms with van der Waals surface area (Å²) in [6.45, 7) is 2.37. The molecular formula is C17H15N3O2S2. The fourth-order valence-electron chi connectivity index (χ4n) is 2.32. The Hall–Kier alpha value is -2.25. The van der Waals surface area contributed by atoms with E-state index in [0.717, 1.165) is 32.4 Å². The summed E-state index contributed by atoms with van der Waals surface area (Å²) in [7, 11) is 0. The zero-order valence-electron chi connectivity index (χ0n) is 13.0. The fourth-order valence-corrected chi connectivity index (χ4v) is 4.03. The first-order valence-corrected chi connectivity index (χ1v) is 9.25. The van der Waals surface area contributed by atoms with E-state index >= 15 is 0 Å². The molecule has 0 atom stereocenters. The van der Waals surface area contributed by atoms with Gasteiger partial charge < -0.3 is 14.8 Å². The third kappa shape index (κ3) is 3.32. The Morgan fingerprint density at radius 3 is 2.92 bits per heavy atom. The number of aryl methyl sites for hydroxylation is 1. The van der Waals surface area contributed by atoms with Crippen LogP contribution in [-0.2, 0) is 5.75 Å². The molecule has 122 valence electrons. The van der Waals surface area contributed by atoms with Crippen LogP contribution in [0, 0.1) is 6.92 Å². The highest BCUT2D eigenvalue weighted by molar-refractivity contribution is 8.00. The molecule has 1 aromatic heterocycles. The van der Waals surface area contributed by atoms with Gasteiger partial charge in [0.05, 0.1) is 0 Å². The highest BCUT2D eigenvalue weighted by Crippen LogP contribution is 2.35. The molecule has 2 heterocycles. The molecule has 0 amide bonds. The molecule has 1 aliphatic heterocycles. The monoisotopic (exact) mass is 357 g/mol. The Bertz CT molecular complexity index is 867. The summed E-state index contributed by atoms with van der Waals surface area (Å²) >= 11 is 3.22. The topological polar surface area (TPSA) is 56.3 Å². The van der Waals surface area contributed by atoms with Gasteiger partial charge >= 0.3 is 0 Å². The maximum Gasteiger partial charge on any atom is 0.231 e. The van der Waals surface area contributed by atoms with Crippen LogP contribution in [0.3, 0.4) is 0 Å². The molecular weight excluding hydrogens is 342 g/mol. The van der Waals surface area contributed by atoms with Crippen molar-refractivity contribution in [2.45, 2.75) is 17.0 Å². The highest BCUT2D eigenvalue weighted by atomic mass is 32.2. The number of aromatic nitrogens is 2. The molecule has 0 spiro atoms. The van der Waals surface area contributed by atoms with Crippen molar-refractivity contribution in [2.75, 3.05) is 12.1 Å². The van der Waals surface area contributed by atoms with E-state index in [9.17, 15) is 0 Å². The molecule has 2 aromatic carbocycles. The Morgan fingerprint density at radius 2 is 2.00 bits per heavy atom. The molecule has 3 aromatic rings. The lowest BCUT2D eigenvalue weighted by atomic mass is 10.2. The average molecular weight is 357 g/mol. The Balaban J connectivity index is 1.39. The molecule has 0 aliphatic carbocycles. The van der Waals surface area contributed by atoms with E-state index in [0.29, 0.717) is 6.79 Å². The van der Waals surface area contributed by atoms with Crippen LogP contribution < -0.4 is 14.8 Å². The van der Waals surface area contributed by atoms with Gasteiger partial charge in [0.2, 0.25) is 11.9 Å². The molecule has 1 aliphatic rings. The van der Waals surface area contributed by atoms with Crippen molar-refractivity contribution in [2.24, 2.45) is 0 Å². The van der Waals surface area contributed by atoms with E-state index in [-0.39, 0.29) is 0 Å². The molecule has 0 saturated carbocycles. The molecule has 0 bridgehead atoms. The molecule has 0 saturated heterocycles. The first kappa shape index (κ1) is 15.3. The lowest BCUT2D eigenvalue weighted by molar-refractivity contribution is 0.174. The van der Waals surface area contributed by atoms with Crippen molar-refractivity contribution >= 4 is 33.9 Å². The summed E-state index contributed by atoms with van der Waals surface area (Å²) in [4.78, 5) is 0. The predicted octanol–water partition coefficient (Wildman–Crippen LogP) is 4.61. The normalized spacial score (nSPS) is 12.4. The van der Waals surface area contributed by atoms with E-state index in [4.69, 9.17) is 9.47 Å². The van der Waals surface area contributed by atoms with Crippen molar-refractivity contribution in [3.8, 4) is 11.5 Å². The lowest BCUT2D eigenvalue weighted by Crippen LogP contribution is -1.92. The number of hydrogen-bond donors (Lipinski definition) is 1. The first-order chi connectivity index (χ1) is 11.8. The number of rotatable bonds is 5. The number of nitrogens with zero attached hydrogens (tertiary/aromatic N) is 2. The largest absolute Gasteiger partial charge is 0.454 e. The molecule has 0 fully saturated rings. The molecule has 0 radical (unpaired) electrons. The van der Waals surface area contributed by atoms with Crippen LogP contribution in [0.2, 0.25) is 0 Å². The minimum Gasteiger partial charge on any atom is -0.454 e. The molecule has 4 rings (SSSR count). The third-order valence-electron chi connectivity index (χ3n) is 3.59. The van der Waals surface area contributed by atoms with Crippen LogP contribution in [0.1, 0.15) is 11.1 Å². The fraction of sp³-hybridized carbons (Fsp3) is 0.176. The van der Waals surface area contributed by atoms with Crippen molar-refractivity contribution in [3.05, 3.63) is 53.6 Å². The van der Waals surface area contributed by atoms with Gasteiger partial charge in [-0.3, -0.25) is 0 Å². The summed E-state index contributed by atoms with van der Waals surface area (Å²) in [5.74, 6) is 2.44. The number of benzene rings is 2. The number of fused-ring (bicyclic) bond motifs is 1. The maximum absolute atomic E-state index is 5.41. The van der Waals surface area contributed by atoms with E-state index in [1.165, 1.54) is 11.1 Å². The van der Waals surface area contributed by atoms with Gasteiger partial charge in [-0.05, 0) is 36.2 Å². The number of hydrogen-bond acceptors (Lipinski definition) is 7. The zero-order valence-corrected chi connectivity index (χ0v) is 14.6. The van der Waals surface area contributed by atoms with Crippen LogP contribution in [0.25, 0.3) is 0 Å². The number of para-hydroxylation sites is 1. The summed E-state index contributed by atoms with van der Waals surface area (Å²) in [6, 6.07) is 14.1. The average Bonchev–Trinajstić information content (AvgIpc) is 3.23. The van der Waals surface area contributed by atoms with Crippen molar-refractivity contribution in [1.29, 1.82) is 0 Å². The smallest absolute Gasteiger partial charge is 0.231 e. The number of anilines is 2. The predicted molar refractivity (Wildman–Crippen MR) is 96.5 cm³/mol. The maximum atomic E-state index is 5.41.